The molecule has 2 aromatic rings. The summed E-state index contributed by atoms with van der Waals surface area (Å²) < 4.78 is 28.6. The third-order valence-electron chi connectivity index (χ3n) is 4.18. The Morgan fingerprint density at radius 3 is 2.68 bits per heavy atom. The largest absolute Gasteiger partial charge is 0.477 e. The molecule has 0 unspecified atom stereocenters. The molecule has 1 aliphatic rings. The number of likely N-dealkylation sites (N-methyl/N-ethyl adjacent to an activating group) is 1. The lowest BCUT2D eigenvalue weighted by Gasteiger charge is -2.35. The van der Waals surface area contributed by atoms with Gasteiger partial charge < -0.3 is 20.3 Å². The molecular weight excluding hydrogens is 384 g/mol. The van der Waals surface area contributed by atoms with Crippen LogP contribution >= 0.6 is 0 Å². The minimum absolute atomic E-state index is 0.0481. The Morgan fingerprint density at radius 1 is 1.21 bits per heavy atom. The van der Waals surface area contributed by atoms with Gasteiger partial charge in [-0.25, -0.2) is 13.6 Å². The molecule has 0 saturated carbocycles. The number of fused-ring (bicyclic) bond motifs is 1. The van der Waals surface area contributed by atoms with E-state index < -0.39 is 16.1 Å². The zero-order valence-electron chi connectivity index (χ0n) is 15.1. The van der Waals surface area contributed by atoms with Crippen LogP contribution in [0.2, 0.25) is 0 Å². The molecule has 10 heteroatoms. The van der Waals surface area contributed by atoms with Gasteiger partial charge in [0.25, 0.3) is 5.91 Å². The van der Waals surface area contributed by atoms with Gasteiger partial charge in [0.15, 0.2) is 6.10 Å². The maximum Gasteiger partial charge on any atom is 0.262 e. The highest BCUT2D eigenvalue weighted by atomic mass is 32.2. The van der Waals surface area contributed by atoms with Crippen LogP contribution in [0.5, 0.6) is 5.75 Å². The molecule has 2 amide bonds. The second-order valence-electron chi connectivity index (χ2n) is 6.19. The van der Waals surface area contributed by atoms with E-state index in [1.54, 1.807) is 29.2 Å². The fourth-order valence-electron chi connectivity index (χ4n) is 2.88. The molecule has 0 saturated heterocycles. The summed E-state index contributed by atoms with van der Waals surface area (Å²) in [7, 11) is -2.36. The number of nitrogens with zero attached hydrogens (tertiary/aromatic N) is 1. The summed E-state index contributed by atoms with van der Waals surface area (Å²) in [6.45, 7) is 0.148. The number of carbonyl (C=O) groups is 2. The zero-order valence-corrected chi connectivity index (χ0v) is 15.9. The maximum atomic E-state index is 12.5. The van der Waals surface area contributed by atoms with Crippen LogP contribution in [0.1, 0.15) is 0 Å². The van der Waals surface area contributed by atoms with E-state index in [0.29, 0.717) is 17.1 Å². The molecule has 3 rings (SSSR count). The van der Waals surface area contributed by atoms with Gasteiger partial charge in [0.2, 0.25) is 15.9 Å². The number of sulfonamides is 1. The molecule has 1 aliphatic heterocycles. The van der Waals surface area contributed by atoms with Crippen molar-refractivity contribution in [3.8, 4) is 5.75 Å². The molecule has 0 fully saturated rings. The third kappa shape index (κ3) is 4.41. The Bertz CT molecular complexity index is 1010. The summed E-state index contributed by atoms with van der Waals surface area (Å²) in [4.78, 5) is 26.2. The highest BCUT2D eigenvalue weighted by Gasteiger charge is 2.31. The van der Waals surface area contributed by atoms with E-state index in [4.69, 9.17) is 9.88 Å². The van der Waals surface area contributed by atoms with Gasteiger partial charge >= 0.3 is 0 Å². The molecule has 4 N–H and O–H groups in total. The normalized spacial score (nSPS) is 15.9. The summed E-state index contributed by atoms with van der Waals surface area (Å²) in [5, 5.41) is 10.3. The van der Waals surface area contributed by atoms with Crippen LogP contribution in [-0.2, 0) is 19.6 Å². The second-order valence-corrected chi connectivity index (χ2v) is 7.75. The zero-order chi connectivity index (χ0) is 20.3. The number of anilines is 2. The van der Waals surface area contributed by atoms with E-state index in [1.165, 1.54) is 25.2 Å². The van der Waals surface area contributed by atoms with Gasteiger partial charge in [-0.2, -0.15) is 0 Å². The Labute approximate surface area is 162 Å². The number of hydrogen-bond acceptors (Lipinski definition) is 6. The van der Waals surface area contributed by atoms with Gasteiger partial charge in [-0.3, -0.25) is 9.59 Å². The average Bonchev–Trinajstić information content (AvgIpc) is 2.66. The lowest BCUT2D eigenvalue weighted by atomic mass is 10.1. The fraction of sp³-hybridized carbons (Fsp3) is 0.222. The van der Waals surface area contributed by atoms with Gasteiger partial charge in [0.05, 0.1) is 23.7 Å². The number of nitrogens with two attached hydrogens (primary N) is 1. The first-order valence-corrected chi connectivity index (χ1v) is 9.97. The topological polar surface area (TPSA) is 131 Å². The quantitative estimate of drug-likeness (QED) is 0.656. The van der Waals surface area contributed by atoms with Crippen molar-refractivity contribution in [3.63, 3.8) is 0 Å². The molecule has 148 valence electrons. The number of hydrogen-bond donors (Lipinski definition) is 3. The lowest BCUT2D eigenvalue weighted by molar-refractivity contribution is -0.127. The molecule has 0 aromatic heterocycles. The van der Waals surface area contributed by atoms with Crippen molar-refractivity contribution in [1.82, 2.24) is 5.32 Å². The second kappa shape index (κ2) is 7.87. The van der Waals surface area contributed by atoms with E-state index in [9.17, 15) is 18.0 Å². The summed E-state index contributed by atoms with van der Waals surface area (Å²) in [6, 6.07) is 12.8. The minimum atomic E-state index is -3.87. The molecule has 9 nitrogen and oxygen atoms in total. The number of rotatable bonds is 5. The van der Waals surface area contributed by atoms with Gasteiger partial charge in [-0.1, -0.05) is 18.2 Å². The smallest absolute Gasteiger partial charge is 0.262 e. The highest BCUT2D eigenvalue weighted by molar-refractivity contribution is 7.89. The van der Waals surface area contributed by atoms with Crippen LogP contribution in [0, 0.1) is 0 Å². The van der Waals surface area contributed by atoms with Gasteiger partial charge in [-0.05, 0) is 30.3 Å². The maximum absolute atomic E-state index is 12.5. The van der Waals surface area contributed by atoms with Crippen LogP contribution in [0.15, 0.2) is 53.4 Å². The highest BCUT2D eigenvalue weighted by Crippen LogP contribution is 2.33. The Morgan fingerprint density at radius 2 is 1.96 bits per heavy atom. The molecule has 1 heterocycles. The number of para-hydroxylation sites is 2. The fourth-order valence-corrected chi connectivity index (χ4v) is 3.44. The number of carbonyl (C=O) groups excluding carboxylic acids is 2. The van der Waals surface area contributed by atoms with Crippen molar-refractivity contribution in [3.05, 3.63) is 48.5 Å². The molecule has 0 radical (unpaired) electrons. The SMILES string of the molecule is CNC(=O)[C@@H]1CN(CC(=O)Nc2cccc(S(N)(=O)=O)c2)c2ccccc2O1. The van der Waals surface area contributed by atoms with Crippen molar-refractivity contribution in [1.29, 1.82) is 0 Å². The number of ether oxygens (including phenoxy) is 1. The number of benzene rings is 2. The van der Waals surface area contributed by atoms with E-state index >= 15 is 0 Å². The van der Waals surface area contributed by atoms with E-state index in [1.807, 2.05) is 6.07 Å². The van der Waals surface area contributed by atoms with Gasteiger partial charge in [0.1, 0.15) is 5.75 Å². The monoisotopic (exact) mass is 404 g/mol. The number of primary sulfonamides is 1. The third-order valence-corrected chi connectivity index (χ3v) is 5.09. The molecular formula is C18H20N4O5S. The molecule has 0 aliphatic carbocycles. The Kier molecular flexibility index (Phi) is 5.52. The average molecular weight is 404 g/mol. The number of nitrogens with one attached hydrogen (secondary N) is 2. The van der Waals surface area contributed by atoms with Crippen molar-refractivity contribution in [2.45, 2.75) is 11.0 Å². The van der Waals surface area contributed by atoms with Crippen LogP contribution in [0.25, 0.3) is 0 Å². The summed E-state index contributed by atoms with van der Waals surface area (Å²) in [5.74, 6) is -0.161. The van der Waals surface area contributed by atoms with E-state index in [2.05, 4.69) is 10.6 Å². The first-order valence-electron chi connectivity index (χ1n) is 8.43. The molecule has 28 heavy (non-hydrogen) atoms. The lowest BCUT2D eigenvalue weighted by Crippen LogP contribution is -2.50. The van der Waals surface area contributed by atoms with Crippen molar-refractivity contribution in [2.24, 2.45) is 5.14 Å². The molecule has 0 bridgehead atoms. The van der Waals surface area contributed by atoms with Crippen LogP contribution < -0.4 is 25.4 Å². The van der Waals surface area contributed by atoms with Crippen molar-refractivity contribution in [2.75, 3.05) is 30.4 Å². The van der Waals surface area contributed by atoms with Gasteiger partial charge in [0, 0.05) is 12.7 Å². The Balaban J connectivity index is 1.77. The predicted molar refractivity (Wildman–Crippen MR) is 104 cm³/mol. The molecule has 2 aromatic carbocycles. The van der Waals surface area contributed by atoms with Crippen LogP contribution in [-0.4, -0.2) is 46.5 Å². The van der Waals surface area contributed by atoms with E-state index in [-0.39, 0.29) is 29.8 Å². The minimum Gasteiger partial charge on any atom is -0.477 e. The van der Waals surface area contributed by atoms with Crippen molar-refractivity contribution >= 4 is 33.2 Å². The Hall–Kier alpha value is -3.11. The summed E-state index contributed by atoms with van der Waals surface area (Å²) in [5.41, 5.74) is 0.997. The van der Waals surface area contributed by atoms with Crippen molar-refractivity contribution < 1.29 is 22.7 Å². The molecule has 1 atom stereocenters. The number of amides is 2. The summed E-state index contributed by atoms with van der Waals surface area (Å²) in [6.07, 6.45) is -0.751. The summed E-state index contributed by atoms with van der Waals surface area (Å²) >= 11 is 0. The van der Waals surface area contributed by atoms with Crippen LogP contribution in [0.4, 0.5) is 11.4 Å². The standard InChI is InChI=1S/C18H20N4O5S/c1-20-18(24)16-10-22(14-7-2-3-8-15(14)27-16)11-17(23)21-12-5-4-6-13(9-12)28(19,25)26/h2-9,16H,10-11H2,1H3,(H,20,24)(H,21,23)(H2,19,25,26)/t16-/m0/s1. The molecule has 0 spiro atoms. The van der Waals surface area contributed by atoms with E-state index in [0.717, 1.165) is 0 Å². The van der Waals surface area contributed by atoms with Crippen LogP contribution in [0.3, 0.4) is 0 Å². The predicted octanol–water partition coefficient (Wildman–Crippen LogP) is 0.286. The first kappa shape index (κ1) is 19.6. The first-order chi connectivity index (χ1) is 13.3. The van der Waals surface area contributed by atoms with Gasteiger partial charge in [-0.15, -0.1) is 0 Å².